The van der Waals surface area contributed by atoms with Crippen LogP contribution in [0.15, 0.2) is 39.5 Å². The zero-order chi connectivity index (χ0) is 18.0. The first-order valence-electron chi connectivity index (χ1n) is 8.58. The van der Waals surface area contributed by atoms with Crippen LogP contribution in [-0.2, 0) is 9.59 Å². The van der Waals surface area contributed by atoms with Gasteiger partial charge in [0.1, 0.15) is 5.58 Å². The molecule has 2 amide bonds. The predicted octanol–water partition coefficient (Wildman–Crippen LogP) is 2.67. The standard InChI is InChI=1S/C19H22N2O4/c1-11-3-6-15(12(2)9-11)21-19(24)18(23)20-14-5-7-16-13(10-14)4-8-17(22)25-16/h4-5,7-8,10-12,15H,3,6,9H2,1-2H3,(H,20,23)(H,21,24)/t11-,12-,15-/m1/s1. The van der Waals surface area contributed by atoms with Crippen LogP contribution in [0.1, 0.15) is 33.1 Å². The molecule has 0 unspecified atom stereocenters. The summed E-state index contributed by atoms with van der Waals surface area (Å²) >= 11 is 0. The minimum Gasteiger partial charge on any atom is -0.423 e. The first kappa shape index (κ1) is 17.2. The van der Waals surface area contributed by atoms with Crippen molar-refractivity contribution >= 4 is 28.5 Å². The van der Waals surface area contributed by atoms with Crippen molar-refractivity contribution in [2.75, 3.05) is 5.32 Å². The van der Waals surface area contributed by atoms with E-state index in [1.807, 2.05) is 0 Å². The molecule has 0 spiro atoms. The molecule has 1 saturated carbocycles. The van der Waals surface area contributed by atoms with Crippen LogP contribution in [0, 0.1) is 11.8 Å². The van der Waals surface area contributed by atoms with Gasteiger partial charge >= 0.3 is 17.4 Å². The highest BCUT2D eigenvalue weighted by Gasteiger charge is 2.28. The van der Waals surface area contributed by atoms with Crippen LogP contribution in [-0.4, -0.2) is 17.9 Å². The number of fused-ring (bicyclic) bond motifs is 1. The quantitative estimate of drug-likeness (QED) is 0.649. The lowest BCUT2D eigenvalue weighted by molar-refractivity contribution is -0.137. The highest BCUT2D eigenvalue weighted by molar-refractivity contribution is 6.39. The average Bonchev–Trinajstić information content (AvgIpc) is 2.57. The normalized spacial score (nSPS) is 23.2. The van der Waals surface area contributed by atoms with Gasteiger partial charge in [-0.25, -0.2) is 4.79 Å². The molecule has 6 heteroatoms. The Morgan fingerprint density at radius 3 is 2.64 bits per heavy atom. The minimum atomic E-state index is -0.692. The second-order valence-electron chi connectivity index (χ2n) is 6.94. The molecule has 0 radical (unpaired) electrons. The topological polar surface area (TPSA) is 88.4 Å². The Labute approximate surface area is 145 Å². The Kier molecular flexibility index (Phi) is 4.88. The van der Waals surface area contributed by atoms with E-state index >= 15 is 0 Å². The van der Waals surface area contributed by atoms with Gasteiger partial charge in [0.2, 0.25) is 0 Å². The maximum absolute atomic E-state index is 12.2. The fraction of sp³-hybridized carbons (Fsp3) is 0.421. The second kappa shape index (κ2) is 7.09. The van der Waals surface area contributed by atoms with E-state index in [0.717, 1.165) is 19.3 Å². The Morgan fingerprint density at radius 1 is 1.08 bits per heavy atom. The first-order chi connectivity index (χ1) is 11.9. The van der Waals surface area contributed by atoms with Crippen LogP contribution in [0.2, 0.25) is 0 Å². The molecule has 0 aliphatic heterocycles. The molecule has 2 aromatic rings. The fourth-order valence-corrected chi connectivity index (χ4v) is 3.45. The Bertz CT molecular complexity index is 858. The molecule has 1 aliphatic carbocycles. The Balaban J connectivity index is 1.64. The van der Waals surface area contributed by atoms with E-state index in [9.17, 15) is 14.4 Å². The van der Waals surface area contributed by atoms with Gasteiger partial charge in [0, 0.05) is 23.2 Å². The molecule has 1 heterocycles. The molecule has 0 saturated heterocycles. The van der Waals surface area contributed by atoms with Gasteiger partial charge in [-0.15, -0.1) is 0 Å². The minimum absolute atomic E-state index is 0.0420. The van der Waals surface area contributed by atoms with Crippen molar-refractivity contribution in [3.63, 3.8) is 0 Å². The van der Waals surface area contributed by atoms with Crippen molar-refractivity contribution in [1.82, 2.24) is 5.32 Å². The van der Waals surface area contributed by atoms with Gasteiger partial charge in [0.25, 0.3) is 0 Å². The third-order valence-electron chi connectivity index (χ3n) is 4.83. The molecule has 6 nitrogen and oxygen atoms in total. The average molecular weight is 342 g/mol. The summed E-state index contributed by atoms with van der Waals surface area (Å²) in [6.07, 6.45) is 3.02. The highest BCUT2D eigenvalue weighted by atomic mass is 16.4. The Morgan fingerprint density at radius 2 is 1.88 bits per heavy atom. The molecule has 132 valence electrons. The first-order valence-corrected chi connectivity index (χ1v) is 8.58. The molecular formula is C19H22N2O4. The Hall–Kier alpha value is -2.63. The smallest absolute Gasteiger partial charge is 0.336 e. The van der Waals surface area contributed by atoms with Gasteiger partial charge in [0.15, 0.2) is 0 Å². The molecule has 1 aromatic carbocycles. The number of carbonyl (C=O) groups is 2. The number of benzene rings is 1. The van der Waals surface area contributed by atoms with E-state index in [1.54, 1.807) is 24.3 Å². The van der Waals surface area contributed by atoms with Gasteiger partial charge in [-0.3, -0.25) is 9.59 Å². The molecule has 3 rings (SSSR count). The van der Waals surface area contributed by atoms with Crippen LogP contribution in [0.3, 0.4) is 0 Å². The summed E-state index contributed by atoms with van der Waals surface area (Å²) in [5.41, 5.74) is 0.478. The van der Waals surface area contributed by atoms with Crippen LogP contribution in [0.25, 0.3) is 11.0 Å². The maximum Gasteiger partial charge on any atom is 0.336 e. The van der Waals surface area contributed by atoms with E-state index in [4.69, 9.17) is 4.42 Å². The summed E-state index contributed by atoms with van der Waals surface area (Å²) in [7, 11) is 0. The largest absolute Gasteiger partial charge is 0.423 e. The lowest BCUT2D eigenvalue weighted by Crippen LogP contribution is -2.46. The summed E-state index contributed by atoms with van der Waals surface area (Å²) in [5.74, 6) is -0.285. The van der Waals surface area contributed by atoms with Crippen LogP contribution in [0.4, 0.5) is 5.69 Å². The van der Waals surface area contributed by atoms with Gasteiger partial charge < -0.3 is 15.1 Å². The number of hydrogen-bond acceptors (Lipinski definition) is 4. The summed E-state index contributed by atoms with van der Waals surface area (Å²) in [4.78, 5) is 35.5. The molecular weight excluding hydrogens is 320 g/mol. The van der Waals surface area contributed by atoms with Gasteiger partial charge in [-0.1, -0.05) is 13.8 Å². The molecule has 2 N–H and O–H groups in total. The number of anilines is 1. The molecule has 1 fully saturated rings. The SMILES string of the molecule is C[C@@H]1CC[C@@H](NC(=O)C(=O)Nc2ccc3oc(=O)ccc3c2)[C@H](C)C1. The van der Waals surface area contributed by atoms with E-state index in [0.29, 0.717) is 28.5 Å². The number of amides is 2. The third-order valence-corrected chi connectivity index (χ3v) is 4.83. The van der Waals surface area contributed by atoms with Crippen molar-refractivity contribution in [1.29, 1.82) is 0 Å². The lowest BCUT2D eigenvalue weighted by Gasteiger charge is -2.32. The van der Waals surface area contributed by atoms with E-state index in [2.05, 4.69) is 24.5 Å². The number of nitrogens with one attached hydrogen (secondary N) is 2. The van der Waals surface area contributed by atoms with Gasteiger partial charge in [0.05, 0.1) is 0 Å². The number of carbonyl (C=O) groups excluding carboxylic acids is 2. The van der Waals surface area contributed by atoms with Gasteiger partial charge in [-0.2, -0.15) is 0 Å². The molecule has 1 aliphatic rings. The third kappa shape index (κ3) is 4.07. The monoisotopic (exact) mass is 342 g/mol. The molecule has 25 heavy (non-hydrogen) atoms. The summed E-state index contributed by atoms with van der Waals surface area (Å²) in [5, 5.41) is 6.11. The summed E-state index contributed by atoms with van der Waals surface area (Å²) in [6.45, 7) is 4.32. The number of hydrogen-bond donors (Lipinski definition) is 2. The zero-order valence-electron chi connectivity index (χ0n) is 14.4. The molecule has 1 aromatic heterocycles. The highest BCUT2D eigenvalue weighted by Crippen LogP contribution is 2.28. The maximum atomic E-state index is 12.2. The van der Waals surface area contributed by atoms with E-state index < -0.39 is 17.4 Å². The zero-order valence-corrected chi connectivity index (χ0v) is 14.4. The van der Waals surface area contributed by atoms with Crippen molar-refractivity contribution in [3.8, 4) is 0 Å². The summed E-state index contributed by atoms with van der Waals surface area (Å²) in [6, 6.07) is 7.82. The van der Waals surface area contributed by atoms with Crippen LogP contribution < -0.4 is 16.3 Å². The van der Waals surface area contributed by atoms with Crippen molar-refractivity contribution in [2.45, 2.75) is 39.2 Å². The summed E-state index contributed by atoms with van der Waals surface area (Å²) < 4.78 is 5.04. The number of rotatable bonds is 2. The predicted molar refractivity (Wildman–Crippen MR) is 95.2 cm³/mol. The van der Waals surface area contributed by atoms with Crippen LogP contribution in [0.5, 0.6) is 0 Å². The van der Waals surface area contributed by atoms with E-state index in [1.165, 1.54) is 6.07 Å². The van der Waals surface area contributed by atoms with Crippen LogP contribution >= 0.6 is 0 Å². The molecule has 3 atom stereocenters. The van der Waals surface area contributed by atoms with E-state index in [-0.39, 0.29) is 6.04 Å². The van der Waals surface area contributed by atoms with Crippen molar-refractivity contribution < 1.29 is 14.0 Å². The fourth-order valence-electron chi connectivity index (χ4n) is 3.45. The van der Waals surface area contributed by atoms with Gasteiger partial charge in [-0.05, 0) is 55.4 Å². The second-order valence-corrected chi connectivity index (χ2v) is 6.94. The van der Waals surface area contributed by atoms with Crippen molar-refractivity contribution in [2.24, 2.45) is 11.8 Å². The molecule has 0 bridgehead atoms. The van der Waals surface area contributed by atoms with Crippen molar-refractivity contribution in [3.05, 3.63) is 40.8 Å². The lowest BCUT2D eigenvalue weighted by atomic mass is 9.80.